The van der Waals surface area contributed by atoms with Gasteiger partial charge in [0.25, 0.3) is 0 Å². The van der Waals surface area contributed by atoms with Crippen molar-refractivity contribution in [3.05, 3.63) is 85.1 Å². The largest absolute Gasteiger partial charge is 0.472 e. The number of hydrogen-bond donors (Lipinski definition) is 3. The van der Waals surface area contributed by atoms with Crippen LogP contribution < -0.4 is 0 Å². The summed E-state index contributed by atoms with van der Waals surface area (Å²) in [5.74, 6) is -2.20. The van der Waals surface area contributed by atoms with Gasteiger partial charge in [0.05, 0.1) is 26.4 Å². The van der Waals surface area contributed by atoms with E-state index in [-0.39, 0.29) is 25.7 Å². The normalized spacial score (nSPS) is 14.3. The van der Waals surface area contributed by atoms with Gasteiger partial charge in [0.1, 0.15) is 19.3 Å². The molecule has 0 rings (SSSR count). The summed E-state index contributed by atoms with van der Waals surface area (Å²) in [6, 6.07) is 0. The van der Waals surface area contributed by atoms with E-state index in [1.807, 2.05) is 0 Å². The second kappa shape index (κ2) is 73.5. The van der Waals surface area contributed by atoms with E-state index < -0.39 is 97.5 Å². The van der Waals surface area contributed by atoms with Crippen LogP contribution in [0.25, 0.3) is 0 Å². The molecule has 0 radical (unpaired) electrons. The van der Waals surface area contributed by atoms with E-state index in [1.54, 1.807) is 0 Å². The first-order valence-electron chi connectivity index (χ1n) is 39.8. The maximum absolute atomic E-state index is 13.1. The molecule has 0 bridgehead atoms. The molecule has 0 saturated heterocycles. The lowest BCUT2D eigenvalue weighted by Crippen LogP contribution is -2.30. The number of ether oxygens (including phenoxy) is 4. The third-order valence-electron chi connectivity index (χ3n) is 16.8. The topological polar surface area (TPSA) is 237 Å². The molecule has 0 amide bonds. The zero-order valence-electron chi connectivity index (χ0n) is 63.4. The molecular weight excluding hydrogens is 1310 g/mol. The summed E-state index contributed by atoms with van der Waals surface area (Å²) >= 11 is 0. The van der Waals surface area contributed by atoms with E-state index in [0.717, 1.165) is 167 Å². The van der Waals surface area contributed by atoms with Gasteiger partial charge in [-0.3, -0.25) is 37.3 Å². The molecule has 0 heterocycles. The Hall–Kier alpha value is -3.76. The lowest BCUT2D eigenvalue weighted by Gasteiger charge is -2.21. The van der Waals surface area contributed by atoms with Crippen molar-refractivity contribution >= 4 is 39.5 Å². The van der Waals surface area contributed by atoms with Crippen molar-refractivity contribution < 1.29 is 80.2 Å². The fraction of sp³-hybridized carbons (Fsp3) is 0.778. The molecule has 5 unspecified atom stereocenters. The molecule has 0 aliphatic heterocycles. The smallest absolute Gasteiger partial charge is 0.462 e. The van der Waals surface area contributed by atoms with E-state index in [0.29, 0.717) is 25.7 Å². The number of aliphatic hydroxyl groups excluding tert-OH is 1. The highest BCUT2D eigenvalue weighted by Gasteiger charge is 2.30. The van der Waals surface area contributed by atoms with E-state index >= 15 is 0 Å². The molecule has 17 nitrogen and oxygen atoms in total. The second-order valence-corrected chi connectivity index (χ2v) is 29.5. The molecule has 580 valence electrons. The van der Waals surface area contributed by atoms with Gasteiger partial charge >= 0.3 is 39.5 Å². The summed E-state index contributed by atoms with van der Waals surface area (Å²) in [6.45, 7) is 4.71. The summed E-state index contributed by atoms with van der Waals surface area (Å²) in [6.07, 6.45) is 75.5. The zero-order valence-corrected chi connectivity index (χ0v) is 65.2. The van der Waals surface area contributed by atoms with E-state index in [4.69, 9.17) is 37.0 Å². The van der Waals surface area contributed by atoms with Crippen LogP contribution in [-0.4, -0.2) is 96.7 Å². The summed E-state index contributed by atoms with van der Waals surface area (Å²) in [4.78, 5) is 73.0. The highest BCUT2D eigenvalue weighted by atomic mass is 31.2. The van der Waals surface area contributed by atoms with E-state index in [9.17, 15) is 43.2 Å². The van der Waals surface area contributed by atoms with Gasteiger partial charge in [-0.05, 0) is 122 Å². The van der Waals surface area contributed by atoms with E-state index in [1.165, 1.54) is 103 Å². The van der Waals surface area contributed by atoms with Crippen LogP contribution >= 0.6 is 15.6 Å². The Kier molecular flexibility index (Phi) is 70.8. The number of esters is 4. The number of carbonyl (C=O) groups excluding carboxylic acids is 4. The molecule has 0 spiro atoms. The molecule has 0 fully saturated rings. The number of hydrogen-bond acceptors (Lipinski definition) is 15. The SMILES string of the molecule is CC/C=C\C/C=C\C/C=C\CCCCCCCC(=O)OCC(COP(=O)(O)OCC(O)COP(=O)(O)OCC(COC(=O)CCCCCCC/C=C\C/C=C\CCCCC)OC(=O)CCCCCCCCCCCCCCCCC)OC(=O)CCCCCCC/C=C\C/C=C\CCCCC. The van der Waals surface area contributed by atoms with Crippen molar-refractivity contribution in [1.82, 2.24) is 0 Å². The number of phosphoric ester groups is 2. The summed E-state index contributed by atoms with van der Waals surface area (Å²) in [5.41, 5.74) is 0. The Balaban J connectivity index is 5.37. The van der Waals surface area contributed by atoms with Gasteiger partial charge in [-0.25, -0.2) is 9.13 Å². The fourth-order valence-corrected chi connectivity index (χ4v) is 12.3. The average molecular weight is 1450 g/mol. The molecule has 19 heteroatoms. The summed E-state index contributed by atoms with van der Waals surface area (Å²) in [7, 11) is -9.96. The minimum Gasteiger partial charge on any atom is -0.462 e. The molecule has 0 aliphatic carbocycles. The minimum absolute atomic E-state index is 0.0761. The maximum Gasteiger partial charge on any atom is 0.472 e. The highest BCUT2D eigenvalue weighted by Crippen LogP contribution is 2.45. The first kappa shape index (κ1) is 96.2. The molecule has 0 aromatic carbocycles. The number of carbonyl (C=O) groups is 4. The van der Waals surface area contributed by atoms with Crippen molar-refractivity contribution in [2.75, 3.05) is 39.6 Å². The minimum atomic E-state index is -4.98. The van der Waals surface area contributed by atoms with Crippen LogP contribution in [0.5, 0.6) is 0 Å². The van der Waals surface area contributed by atoms with Gasteiger partial charge in [0.2, 0.25) is 0 Å². The Labute approximate surface area is 608 Å². The van der Waals surface area contributed by atoms with E-state index in [2.05, 4.69) is 113 Å². The van der Waals surface area contributed by atoms with Crippen molar-refractivity contribution in [1.29, 1.82) is 0 Å². The number of allylic oxidation sites excluding steroid dienone is 14. The van der Waals surface area contributed by atoms with Crippen LogP contribution in [-0.2, 0) is 65.4 Å². The van der Waals surface area contributed by atoms with Crippen LogP contribution in [0.3, 0.4) is 0 Å². The number of rotatable bonds is 75. The predicted octanol–water partition coefficient (Wildman–Crippen LogP) is 23.0. The molecule has 0 aromatic rings. The van der Waals surface area contributed by atoms with Gasteiger partial charge in [-0.1, -0.05) is 286 Å². The van der Waals surface area contributed by atoms with Crippen LogP contribution in [0.15, 0.2) is 85.1 Å². The third kappa shape index (κ3) is 72.6. The standard InChI is InChI=1S/C81H144O17P2/c1-5-9-13-17-21-25-29-33-37-41-45-49-53-57-61-65-78(83)91-71-76(97-80(85)67-63-59-55-51-47-43-39-35-31-27-23-19-15-11-7-3)73-95-99(87,88)93-69-75(82)70-94-100(89,90)96-74-77(98-81(86)68-64-60-56-52-48-44-40-36-32-28-24-20-16-12-8-4)72-92-79(84)66-62-58-54-50-46-42-38-34-30-26-22-18-14-10-6-2/h9,13,21-23,25-27,33-35,37-39,75-77,82H,5-8,10-12,14-20,24,28-32,36,40-74H2,1-4H3,(H,87,88)(H,89,90)/b13-9-,25-21-,26-22-,27-23-,37-33-,38-34-,39-35-. The predicted molar refractivity (Wildman–Crippen MR) is 409 cm³/mol. The van der Waals surface area contributed by atoms with Crippen molar-refractivity contribution in [3.63, 3.8) is 0 Å². The number of aliphatic hydroxyl groups is 1. The van der Waals surface area contributed by atoms with Crippen molar-refractivity contribution in [2.24, 2.45) is 0 Å². The molecule has 0 saturated carbocycles. The number of phosphoric acid groups is 2. The zero-order chi connectivity index (χ0) is 73.2. The Morgan fingerprint density at radius 2 is 0.520 bits per heavy atom. The molecule has 5 atom stereocenters. The first-order valence-corrected chi connectivity index (χ1v) is 42.8. The monoisotopic (exact) mass is 1450 g/mol. The second-order valence-electron chi connectivity index (χ2n) is 26.6. The maximum atomic E-state index is 13.1. The summed E-state index contributed by atoms with van der Waals surface area (Å²) < 4.78 is 68.6. The molecule has 0 aliphatic rings. The van der Waals surface area contributed by atoms with Crippen LogP contribution in [0.2, 0.25) is 0 Å². The molecule has 100 heavy (non-hydrogen) atoms. The fourth-order valence-electron chi connectivity index (χ4n) is 10.8. The van der Waals surface area contributed by atoms with Gasteiger partial charge in [0, 0.05) is 25.7 Å². The quantitative estimate of drug-likeness (QED) is 0.0169. The van der Waals surface area contributed by atoms with Crippen LogP contribution in [0.1, 0.15) is 349 Å². The highest BCUT2D eigenvalue weighted by molar-refractivity contribution is 7.47. The van der Waals surface area contributed by atoms with Gasteiger partial charge < -0.3 is 33.8 Å². The molecular formula is C81H144O17P2. The summed E-state index contributed by atoms with van der Waals surface area (Å²) in [5, 5.41) is 10.6. The lowest BCUT2D eigenvalue weighted by atomic mass is 10.0. The van der Waals surface area contributed by atoms with Crippen molar-refractivity contribution in [2.45, 2.75) is 367 Å². The van der Waals surface area contributed by atoms with Gasteiger partial charge in [0.15, 0.2) is 12.2 Å². The average Bonchev–Trinajstić information content (AvgIpc) is 1.01. The first-order chi connectivity index (χ1) is 48.7. The Morgan fingerprint density at radius 3 is 0.820 bits per heavy atom. The Bertz CT molecular complexity index is 2230. The lowest BCUT2D eigenvalue weighted by molar-refractivity contribution is -0.161. The molecule has 3 N–H and O–H groups in total. The molecule has 0 aromatic heterocycles. The van der Waals surface area contributed by atoms with Gasteiger partial charge in [-0.2, -0.15) is 0 Å². The van der Waals surface area contributed by atoms with Crippen LogP contribution in [0, 0.1) is 0 Å². The van der Waals surface area contributed by atoms with Gasteiger partial charge in [-0.15, -0.1) is 0 Å². The number of unbranched alkanes of at least 4 members (excludes halogenated alkanes) is 35. The van der Waals surface area contributed by atoms with Crippen molar-refractivity contribution in [3.8, 4) is 0 Å². The third-order valence-corrected chi connectivity index (χ3v) is 18.7. The Morgan fingerprint density at radius 1 is 0.290 bits per heavy atom. The van der Waals surface area contributed by atoms with Crippen LogP contribution in [0.4, 0.5) is 0 Å².